The van der Waals surface area contributed by atoms with Crippen molar-refractivity contribution in [1.82, 2.24) is 29.4 Å². The molecule has 0 aliphatic carbocycles. The SMILES string of the molecule is CC#CC(=O)CCC(=O)N1CCN(Cc2cc3c(N4CCOCC4)nc(-c4cnc(NC(=O)OC)cc4C(F)(F)F)nn3c2)CC1. The number of carbonyl (C=O) groups excluding carboxylic acids is 3. The number of piperazine rings is 1. The molecule has 5 heterocycles. The maximum absolute atomic E-state index is 14.2. The monoisotopic (exact) mass is 642 g/mol. The molecule has 244 valence electrons. The van der Waals surface area contributed by atoms with Crippen LogP contribution in [0.4, 0.5) is 29.6 Å². The van der Waals surface area contributed by atoms with Gasteiger partial charge in [-0.25, -0.2) is 19.3 Å². The highest BCUT2D eigenvalue weighted by molar-refractivity contribution is 5.97. The van der Waals surface area contributed by atoms with Gasteiger partial charge in [0.05, 0.1) is 31.5 Å². The lowest BCUT2D eigenvalue weighted by atomic mass is 10.1. The van der Waals surface area contributed by atoms with Gasteiger partial charge in [0.25, 0.3) is 0 Å². The second-order valence-corrected chi connectivity index (χ2v) is 10.7. The molecule has 1 N–H and O–H groups in total. The highest BCUT2D eigenvalue weighted by atomic mass is 19.4. The molecule has 0 bridgehead atoms. The van der Waals surface area contributed by atoms with E-state index in [0.29, 0.717) is 70.4 Å². The third-order valence-corrected chi connectivity index (χ3v) is 7.64. The number of ketones is 1. The zero-order valence-electron chi connectivity index (χ0n) is 25.4. The summed E-state index contributed by atoms with van der Waals surface area (Å²) in [5.41, 5.74) is 0.0820. The Hall–Kier alpha value is -4.75. The van der Waals surface area contributed by atoms with E-state index in [1.54, 1.807) is 18.0 Å². The highest BCUT2D eigenvalue weighted by Crippen LogP contribution is 2.38. The molecule has 2 amide bonds. The summed E-state index contributed by atoms with van der Waals surface area (Å²) < 4.78 is 54.2. The summed E-state index contributed by atoms with van der Waals surface area (Å²) in [5, 5.41) is 6.62. The number of carbonyl (C=O) groups is 3. The smallest absolute Gasteiger partial charge is 0.417 e. The Labute approximate surface area is 262 Å². The standard InChI is InChI=1S/C30H33F3N8O5/c1-3-4-21(42)5-6-26(43)39-9-7-38(8-10-39)18-20-15-24-28(40-11-13-46-14-12-40)36-27(37-41(24)19-20)22-17-34-25(35-29(44)45-2)16-23(22)30(31,32)33/h15-17,19H,5-14,18H2,1-2H3,(H,34,35,44). The van der Waals surface area contributed by atoms with Crippen molar-refractivity contribution in [2.45, 2.75) is 32.5 Å². The maximum Gasteiger partial charge on any atom is 0.417 e. The number of hydrogen-bond acceptors (Lipinski definition) is 10. The fourth-order valence-corrected chi connectivity index (χ4v) is 5.33. The molecule has 3 aromatic rings. The van der Waals surface area contributed by atoms with Crippen LogP contribution in [0.1, 0.15) is 30.9 Å². The van der Waals surface area contributed by atoms with Gasteiger partial charge in [0.15, 0.2) is 11.6 Å². The topological polar surface area (TPSA) is 134 Å². The summed E-state index contributed by atoms with van der Waals surface area (Å²) in [6.07, 6.45) is -2.79. The van der Waals surface area contributed by atoms with Crippen molar-refractivity contribution in [2.24, 2.45) is 0 Å². The van der Waals surface area contributed by atoms with E-state index in [4.69, 9.17) is 4.74 Å². The first kappa shape index (κ1) is 32.6. The van der Waals surface area contributed by atoms with Gasteiger partial charge in [0.1, 0.15) is 11.3 Å². The largest absolute Gasteiger partial charge is 0.453 e. The third kappa shape index (κ3) is 7.72. The lowest BCUT2D eigenvalue weighted by Gasteiger charge is -2.34. The van der Waals surface area contributed by atoms with Crippen molar-refractivity contribution < 1.29 is 37.0 Å². The van der Waals surface area contributed by atoms with Crippen molar-refractivity contribution in [3.63, 3.8) is 0 Å². The van der Waals surface area contributed by atoms with E-state index in [0.717, 1.165) is 24.9 Å². The Kier molecular flexibility index (Phi) is 10.0. The van der Waals surface area contributed by atoms with Crippen molar-refractivity contribution in [3.05, 3.63) is 35.7 Å². The van der Waals surface area contributed by atoms with Crippen LogP contribution >= 0.6 is 0 Å². The van der Waals surface area contributed by atoms with E-state index in [-0.39, 0.29) is 41.7 Å². The van der Waals surface area contributed by atoms with E-state index in [2.05, 4.69) is 41.9 Å². The summed E-state index contributed by atoms with van der Waals surface area (Å²) in [6.45, 7) is 6.20. The molecule has 13 nitrogen and oxygen atoms in total. The Balaban J connectivity index is 1.40. The van der Waals surface area contributed by atoms with Crippen molar-refractivity contribution >= 4 is 34.9 Å². The minimum absolute atomic E-state index is 0.0831. The number of Topliss-reactive ketones (excluding diaryl/α,β-unsaturated/α-hetero) is 1. The Bertz CT molecular complexity index is 1670. The fraction of sp³-hybridized carbons (Fsp3) is 0.467. The normalized spacial score (nSPS) is 15.8. The fourth-order valence-electron chi connectivity index (χ4n) is 5.33. The Morgan fingerprint density at radius 1 is 1.07 bits per heavy atom. The molecule has 2 saturated heterocycles. The summed E-state index contributed by atoms with van der Waals surface area (Å²) in [5.74, 6) is 4.60. The van der Waals surface area contributed by atoms with E-state index in [9.17, 15) is 27.6 Å². The van der Waals surface area contributed by atoms with Crippen LogP contribution in [-0.4, -0.2) is 107 Å². The van der Waals surface area contributed by atoms with Gasteiger partial charge in [-0.2, -0.15) is 13.2 Å². The van der Waals surface area contributed by atoms with Gasteiger partial charge in [0, 0.05) is 71.0 Å². The van der Waals surface area contributed by atoms with E-state index >= 15 is 0 Å². The average Bonchev–Trinajstić information content (AvgIpc) is 3.46. The zero-order valence-corrected chi connectivity index (χ0v) is 25.4. The number of amides is 2. The maximum atomic E-state index is 14.2. The van der Waals surface area contributed by atoms with Crippen LogP contribution in [0.2, 0.25) is 0 Å². The molecule has 0 radical (unpaired) electrons. The number of methoxy groups -OCH3 is 1. The van der Waals surface area contributed by atoms with Crippen LogP contribution in [0.3, 0.4) is 0 Å². The molecule has 0 atom stereocenters. The van der Waals surface area contributed by atoms with Crippen LogP contribution in [-0.2, 0) is 31.8 Å². The number of halogens is 3. The number of anilines is 2. The summed E-state index contributed by atoms with van der Waals surface area (Å²) >= 11 is 0. The first-order valence-corrected chi connectivity index (χ1v) is 14.7. The molecule has 0 spiro atoms. The summed E-state index contributed by atoms with van der Waals surface area (Å²) in [4.78, 5) is 50.3. The minimum Gasteiger partial charge on any atom is -0.453 e. The van der Waals surface area contributed by atoms with Gasteiger partial charge in [-0.3, -0.25) is 19.8 Å². The summed E-state index contributed by atoms with van der Waals surface area (Å²) in [6, 6.07) is 2.63. The molecule has 16 heteroatoms. The van der Waals surface area contributed by atoms with Crippen LogP contribution in [0, 0.1) is 11.8 Å². The van der Waals surface area contributed by atoms with Gasteiger partial charge >= 0.3 is 12.3 Å². The first-order valence-electron chi connectivity index (χ1n) is 14.7. The van der Waals surface area contributed by atoms with Crippen molar-refractivity contribution in [3.8, 4) is 23.2 Å². The number of hydrogen-bond donors (Lipinski definition) is 1. The number of fused-ring (bicyclic) bond motifs is 1. The number of morpholine rings is 1. The predicted octanol–water partition coefficient (Wildman–Crippen LogP) is 2.84. The van der Waals surface area contributed by atoms with Crippen LogP contribution in [0.15, 0.2) is 24.5 Å². The van der Waals surface area contributed by atoms with Gasteiger partial charge in [-0.15, -0.1) is 5.10 Å². The van der Waals surface area contributed by atoms with Crippen LogP contribution in [0.5, 0.6) is 0 Å². The molecule has 2 fully saturated rings. The average molecular weight is 643 g/mol. The molecule has 0 aromatic carbocycles. The number of ether oxygens (including phenoxy) is 2. The van der Waals surface area contributed by atoms with E-state index in [1.165, 1.54) is 4.52 Å². The summed E-state index contributed by atoms with van der Waals surface area (Å²) in [7, 11) is 1.09. The highest BCUT2D eigenvalue weighted by Gasteiger charge is 2.36. The molecule has 2 aliphatic heterocycles. The van der Waals surface area contributed by atoms with Gasteiger partial charge < -0.3 is 19.3 Å². The Morgan fingerprint density at radius 3 is 2.48 bits per heavy atom. The predicted molar refractivity (Wildman–Crippen MR) is 160 cm³/mol. The molecular weight excluding hydrogens is 609 g/mol. The molecule has 46 heavy (non-hydrogen) atoms. The van der Waals surface area contributed by atoms with Crippen LogP contribution < -0.4 is 10.2 Å². The number of rotatable bonds is 8. The number of aromatic nitrogens is 4. The second-order valence-electron chi connectivity index (χ2n) is 10.7. The van der Waals surface area contributed by atoms with Gasteiger partial charge in [0.2, 0.25) is 11.7 Å². The molecule has 0 saturated carbocycles. The molecule has 5 rings (SSSR count). The zero-order chi connectivity index (χ0) is 32.8. The molecule has 3 aromatic heterocycles. The second kappa shape index (κ2) is 14.1. The molecular formula is C30H33F3N8O5. The third-order valence-electron chi connectivity index (χ3n) is 7.64. The number of pyridine rings is 1. The Morgan fingerprint density at radius 2 is 1.80 bits per heavy atom. The van der Waals surface area contributed by atoms with Gasteiger partial charge in [-0.1, -0.05) is 5.92 Å². The minimum atomic E-state index is -4.80. The number of nitrogens with zero attached hydrogens (tertiary/aromatic N) is 7. The van der Waals surface area contributed by atoms with Crippen LogP contribution in [0.25, 0.3) is 16.9 Å². The molecule has 0 unspecified atom stereocenters. The van der Waals surface area contributed by atoms with E-state index in [1.807, 2.05) is 11.0 Å². The van der Waals surface area contributed by atoms with E-state index < -0.39 is 17.8 Å². The quantitative estimate of drug-likeness (QED) is 0.289. The number of alkyl halides is 3. The molecule has 2 aliphatic rings. The number of nitrogens with one attached hydrogen (secondary N) is 1. The van der Waals surface area contributed by atoms with Crippen molar-refractivity contribution in [1.29, 1.82) is 0 Å². The van der Waals surface area contributed by atoms with Gasteiger partial charge in [-0.05, 0) is 30.5 Å². The first-order chi connectivity index (χ1) is 22.0. The lowest BCUT2D eigenvalue weighted by Crippen LogP contribution is -2.48. The van der Waals surface area contributed by atoms with Crippen molar-refractivity contribution in [2.75, 3.05) is 69.8 Å². The lowest BCUT2D eigenvalue weighted by molar-refractivity contribution is -0.137.